The summed E-state index contributed by atoms with van der Waals surface area (Å²) >= 11 is 0. The van der Waals surface area contributed by atoms with E-state index < -0.39 is 5.97 Å². The van der Waals surface area contributed by atoms with E-state index in [1.807, 2.05) is 4.90 Å². The van der Waals surface area contributed by atoms with Crippen LogP contribution in [0.5, 0.6) is 0 Å². The molecule has 0 unspecified atom stereocenters. The number of hydrogen-bond donors (Lipinski definition) is 1. The number of rotatable bonds is 2. The minimum atomic E-state index is -0.717. The summed E-state index contributed by atoms with van der Waals surface area (Å²) in [6.07, 6.45) is 2.27. The molecule has 0 amide bonds. The van der Waals surface area contributed by atoms with Gasteiger partial charge >= 0.3 is 5.97 Å². The Morgan fingerprint density at radius 1 is 1.45 bits per heavy atom. The molecule has 64 valence electrons. The highest BCUT2D eigenvalue weighted by atomic mass is 16.4. The summed E-state index contributed by atoms with van der Waals surface area (Å²) in [4.78, 5) is 12.4. The Balaban J connectivity index is 2.47. The zero-order chi connectivity index (χ0) is 8.43. The highest BCUT2D eigenvalue weighted by molar-refractivity contribution is 5.69. The predicted octanol–water partition coefficient (Wildman–Crippen LogP) is 0.944. The first-order valence-corrected chi connectivity index (χ1v) is 4.09. The van der Waals surface area contributed by atoms with Gasteiger partial charge in [-0.25, -0.2) is 0 Å². The second-order valence-electron chi connectivity index (χ2n) is 3.34. The van der Waals surface area contributed by atoms with Gasteiger partial charge < -0.3 is 5.11 Å². The zero-order valence-electron chi connectivity index (χ0n) is 7.08. The second-order valence-corrected chi connectivity index (χ2v) is 3.34. The average molecular weight is 157 g/mol. The molecular formula is C8H15NO2. The fraction of sp³-hybridized carbons (Fsp3) is 0.875. The lowest BCUT2D eigenvalue weighted by Gasteiger charge is -2.23. The van der Waals surface area contributed by atoms with Gasteiger partial charge in [-0.05, 0) is 26.7 Å². The number of hydrogen-bond acceptors (Lipinski definition) is 2. The summed E-state index contributed by atoms with van der Waals surface area (Å²) < 4.78 is 0. The van der Waals surface area contributed by atoms with Crippen molar-refractivity contribution in [2.75, 3.05) is 6.54 Å². The fourth-order valence-corrected chi connectivity index (χ4v) is 1.72. The molecule has 0 radical (unpaired) electrons. The van der Waals surface area contributed by atoms with Gasteiger partial charge in [0, 0.05) is 12.1 Å². The fourth-order valence-electron chi connectivity index (χ4n) is 1.72. The van der Waals surface area contributed by atoms with Crippen molar-refractivity contribution in [2.45, 2.75) is 38.8 Å². The molecular weight excluding hydrogens is 142 g/mol. The van der Waals surface area contributed by atoms with Gasteiger partial charge in [0.2, 0.25) is 0 Å². The Kier molecular flexibility index (Phi) is 2.49. The molecule has 0 aliphatic carbocycles. The van der Waals surface area contributed by atoms with Crippen LogP contribution in [-0.4, -0.2) is 34.6 Å². The van der Waals surface area contributed by atoms with E-state index >= 15 is 0 Å². The Bertz CT molecular complexity index is 148. The third-order valence-electron chi connectivity index (χ3n) is 2.45. The molecule has 0 aromatic rings. The predicted molar refractivity (Wildman–Crippen MR) is 42.5 cm³/mol. The first-order valence-electron chi connectivity index (χ1n) is 4.09. The van der Waals surface area contributed by atoms with Crippen LogP contribution >= 0.6 is 0 Å². The summed E-state index contributed by atoms with van der Waals surface area (Å²) in [5, 5.41) is 8.57. The summed E-state index contributed by atoms with van der Waals surface area (Å²) in [5.41, 5.74) is 0. The molecule has 3 nitrogen and oxygen atoms in total. The Morgan fingerprint density at radius 3 is 2.27 bits per heavy atom. The molecule has 1 aliphatic rings. The van der Waals surface area contributed by atoms with Crippen molar-refractivity contribution in [2.24, 2.45) is 0 Å². The third-order valence-corrected chi connectivity index (χ3v) is 2.45. The SMILES string of the molecule is C[C@H]1CC[C@H](C)N1CC(=O)O. The Labute approximate surface area is 67.0 Å². The number of likely N-dealkylation sites (tertiary alicyclic amines) is 1. The van der Waals surface area contributed by atoms with E-state index in [2.05, 4.69) is 13.8 Å². The van der Waals surface area contributed by atoms with E-state index in [0.29, 0.717) is 12.1 Å². The maximum atomic E-state index is 10.4. The van der Waals surface area contributed by atoms with E-state index in [0.717, 1.165) is 12.8 Å². The molecule has 0 bridgehead atoms. The smallest absolute Gasteiger partial charge is 0.317 e. The van der Waals surface area contributed by atoms with Gasteiger partial charge in [0.15, 0.2) is 0 Å². The maximum Gasteiger partial charge on any atom is 0.317 e. The molecule has 1 fully saturated rings. The van der Waals surface area contributed by atoms with Crippen molar-refractivity contribution in [3.05, 3.63) is 0 Å². The highest BCUT2D eigenvalue weighted by Gasteiger charge is 2.28. The number of carboxylic acids is 1. The standard InChI is InChI=1S/C8H15NO2/c1-6-3-4-7(2)9(6)5-8(10)11/h6-7H,3-5H2,1-2H3,(H,10,11)/t6-,7-/m0/s1. The largest absolute Gasteiger partial charge is 0.480 e. The first-order chi connectivity index (χ1) is 5.11. The molecule has 1 saturated heterocycles. The van der Waals surface area contributed by atoms with Crippen molar-refractivity contribution in [3.8, 4) is 0 Å². The van der Waals surface area contributed by atoms with Crippen LogP contribution in [0.15, 0.2) is 0 Å². The molecule has 3 heteroatoms. The molecule has 1 heterocycles. The van der Waals surface area contributed by atoms with E-state index in [1.54, 1.807) is 0 Å². The van der Waals surface area contributed by atoms with Crippen molar-refractivity contribution >= 4 is 5.97 Å². The van der Waals surface area contributed by atoms with Gasteiger partial charge in [-0.15, -0.1) is 0 Å². The minimum Gasteiger partial charge on any atom is -0.480 e. The summed E-state index contributed by atoms with van der Waals surface area (Å²) in [6, 6.07) is 0.891. The molecule has 0 spiro atoms. The van der Waals surface area contributed by atoms with Crippen LogP contribution < -0.4 is 0 Å². The molecule has 2 atom stereocenters. The maximum absolute atomic E-state index is 10.4. The first kappa shape index (κ1) is 8.53. The highest BCUT2D eigenvalue weighted by Crippen LogP contribution is 2.22. The molecule has 1 N–H and O–H groups in total. The Hall–Kier alpha value is -0.570. The van der Waals surface area contributed by atoms with E-state index in [4.69, 9.17) is 5.11 Å². The molecule has 1 rings (SSSR count). The number of carboxylic acid groups (broad SMARTS) is 1. The summed E-state index contributed by atoms with van der Waals surface area (Å²) in [5.74, 6) is -0.717. The van der Waals surface area contributed by atoms with Crippen LogP contribution in [0.25, 0.3) is 0 Å². The quantitative estimate of drug-likeness (QED) is 0.648. The second kappa shape index (κ2) is 3.22. The topological polar surface area (TPSA) is 40.5 Å². The minimum absolute atomic E-state index is 0.197. The van der Waals surface area contributed by atoms with Crippen LogP contribution in [0.1, 0.15) is 26.7 Å². The lowest BCUT2D eigenvalue weighted by Crippen LogP contribution is -2.37. The van der Waals surface area contributed by atoms with Gasteiger partial charge in [-0.3, -0.25) is 9.69 Å². The van der Waals surface area contributed by atoms with Crippen LogP contribution in [0.2, 0.25) is 0 Å². The number of aliphatic carboxylic acids is 1. The van der Waals surface area contributed by atoms with Gasteiger partial charge in [0.25, 0.3) is 0 Å². The Morgan fingerprint density at radius 2 is 1.91 bits per heavy atom. The van der Waals surface area contributed by atoms with Gasteiger partial charge in [-0.1, -0.05) is 0 Å². The van der Waals surface area contributed by atoms with Crippen molar-refractivity contribution < 1.29 is 9.90 Å². The monoisotopic (exact) mass is 157 g/mol. The number of nitrogens with zero attached hydrogens (tertiary/aromatic N) is 1. The van der Waals surface area contributed by atoms with Crippen molar-refractivity contribution in [3.63, 3.8) is 0 Å². The summed E-state index contributed by atoms with van der Waals surface area (Å²) in [6.45, 7) is 4.38. The van der Waals surface area contributed by atoms with Gasteiger partial charge in [0.1, 0.15) is 0 Å². The molecule has 0 aromatic heterocycles. The van der Waals surface area contributed by atoms with Crippen LogP contribution in [0.3, 0.4) is 0 Å². The normalized spacial score (nSPS) is 32.5. The lowest BCUT2D eigenvalue weighted by atomic mass is 10.2. The van der Waals surface area contributed by atoms with Crippen LogP contribution in [0, 0.1) is 0 Å². The zero-order valence-corrected chi connectivity index (χ0v) is 7.08. The van der Waals surface area contributed by atoms with E-state index in [1.165, 1.54) is 0 Å². The van der Waals surface area contributed by atoms with Gasteiger partial charge in [0.05, 0.1) is 6.54 Å². The average Bonchev–Trinajstić information content (AvgIpc) is 2.18. The number of carbonyl (C=O) groups is 1. The summed E-state index contributed by atoms with van der Waals surface area (Å²) in [7, 11) is 0. The van der Waals surface area contributed by atoms with Crippen molar-refractivity contribution in [1.29, 1.82) is 0 Å². The lowest BCUT2D eigenvalue weighted by molar-refractivity contribution is -0.138. The van der Waals surface area contributed by atoms with Crippen molar-refractivity contribution in [1.82, 2.24) is 4.90 Å². The molecule has 11 heavy (non-hydrogen) atoms. The molecule has 1 aliphatic heterocycles. The molecule has 0 saturated carbocycles. The van der Waals surface area contributed by atoms with Gasteiger partial charge in [-0.2, -0.15) is 0 Å². The van der Waals surface area contributed by atoms with Crippen LogP contribution in [0.4, 0.5) is 0 Å². The van der Waals surface area contributed by atoms with Crippen LogP contribution in [-0.2, 0) is 4.79 Å². The van der Waals surface area contributed by atoms with E-state index in [9.17, 15) is 4.79 Å². The van der Waals surface area contributed by atoms with E-state index in [-0.39, 0.29) is 6.54 Å². The third kappa shape index (κ3) is 1.93. The molecule has 0 aromatic carbocycles.